The second-order valence-electron chi connectivity index (χ2n) is 6.62. The van der Waals surface area contributed by atoms with Crippen LogP contribution in [0.5, 0.6) is 5.75 Å². The van der Waals surface area contributed by atoms with Gasteiger partial charge in [-0.3, -0.25) is 4.79 Å². The Bertz CT molecular complexity index is 930. The summed E-state index contributed by atoms with van der Waals surface area (Å²) in [6, 6.07) is 13.9. The molecule has 1 amide bonds. The lowest BCUT2D eigenvalue weighted by molar-refractivity contribution is -0.127. The van der Waals surface area contributed by atoms with E-state index in [1.54, 1.807) is 6.92 Å². The van der Waals surface area contributed by atoms with Crippen LogP contribution < -0.4 is 10.1 Å². The van der Waals surface area contributed by atoms with Crippen molar-refractivity contribution in [3.63, 3.8) is 0 Å². The maximum absolute atomic E-state index is 12.3. The van der Waals surface area contributed by atoms with Gasteiger partial charge in [0.1, 0.15) is 11.6 Å². The van der Waals surface area contributed by atoms with Crippen LogP contribution in [-0.2, 0) is 18.3 Å². The van der Waals surface area contributed by atoms with Gasteiger partial charge in [-0.05, 0) is 56.2 Å². The van der Waals surface area contributed by atoms with E-state index in [0.717, 1.165) is 22.4 Å². The molecular weight excluding hydrogens is 326 g/mol. The second-order valence-corrected chi connectivity index (χ2v) is 6.62. The molecule has 0 fully saturated rings. The number of imidazole rings is 1. The number of carbonyl (C=O) groups is 1. The van der Waals surface area contributed by atoms with Crippen LogP contribution in [0.4, 0.5) is 0 Å². The highest BCUT2D eigenvalue weighted by molar-refractivity contribution is 5.80. The number of nitrogens with zero attached hydrogens (tertiary/aromatic N) is 2. The Balaban J connectivity index is 1.54. The largest absolute Gasteiger partial charge is 0.481 e. The van der Waals surface area contributed by atoms with E-state index in [9.17, 15) is 4.79 Å². The van der Waals surface area contributed by atoms with Gasteiger partial charge in [-0.25, -0.2) is 4.98 Å². The van der Waals surface area contributed by atoms with Crippen molar-refractivity contribution in [3.8, 4) is 5.75 Å². The van der Waals surface area contributed by atoms with Crippen LogP contribution in [0.25, 0.3) is 11.0 Å². The van der Waals surface area contributed by atoms with Gasteiger partial charge in [0.2, 0.25) is 0 Å². The Labute approximate surface area is 154 Å². The summed E-state index contributed by atoms with van der Waals surface area (Å²) in [4.78, 5) is 16.9. The fraction of sp³-hybridized carbons (Fsp3) is 0.333. The minimum atomic E-state index is -0.544. The fourth-order valence-corrected chi connectivity index (χ4v) is 2.91. The third-order valence-electron chi connectivity index (χ3n) is 4.69. The zero-order chi connectivity index (χ0) is 18.7. The van der Waals surface area contributed by atoms with Gasteiger partial charge < -0.3 is 14.6 Å². The molecule has 0 aliphatic carbocycles. The summed E-state index contributed by atoms with van der Waals surface area (Å²) in [7, 11) is 2.00. The van der Waals surface area contributed by atoms with E-state index in [0.29, 0.717) is 18.7 Å². The molecule has 0 aliphatic rings. The molecule has 1 N–H and O–H groups in total. The Morgan fingerprint density at radius 3 is 2.69 bits per heavy atom. The van der Waals surface area contributed by atoms with Gasteiger partial charge >= 0.3 is 0 Å². The molecule has 0 bridgehead atoms. The summed E-state index contributed by atoms with van der Waals surface area (Å²) in [6.45, 7) is 6.37. The number of ether oxygens (including phenoxy) is 1. The highest BCUT2D eigenvalue weighted by atomic mass is 16.5. The highest BCUT2D eigenvalue weighted by Gasteiger charge is 2.15. The van der Waals surface area contributed by atoms with E-state index in [2.05, 4.69) is 21.8 Å². The van der Waals surface area contributed by atoms with Crippen molar-refractivity contribution in [3.05, 3.63) is 59.4 Å². The number of amides is 1. The van der Waals surface area contributed by atoms with Gasteiger partial charge in [-0.2, -0.15) is 0 Å². The van der Waals surface area contributed by atoms with Crippen molar-refractivity contribution in [1.29, 1.82) is 0 Å². The van der Waals surface area contributed by atoms with E-state index in [1.165, 1.54) is 5.56 Å². The fourth-order valence-electron chi connectivity index (χ4n) is 2.91. The standard InChI is InChI=1S/C21H25N3O2/c1-14-9-10-17(13-15(14)2)26-16(3)21(25)22-12-11-20-23-18-7-5-6-8-19(18)24(20)4/h5-10,13,16H,11-12H2,1-4H3,(H,22,25). The van der Waals surface area contributed by atoms with Gasteiger partial charge in [0.25, 0.3) is 5.91 Å². The zero-order valence-electron chi connectivity index (χ0n) is 15.7. The number of carbonyl (C=O) groups excluding carboxylic acids is 1. The Morgan fingerprint density at radius 1 is 1.19 bits per heavy atom. The first-order chi connectivity index (χ1) is 12.5. The molecule has 0 saturated heterocycles. The minimum absolute atomic E-state index is 0.123. The molecule has 136 valence electrons. The maximum atomic E-state index is 12.3. The zero-order valence-corrected chi connectivity index (χ0v) is 15.7. The molecule has 0 aliphatic heterocycles. The normalized spacial score (nSPS) is 12.2. The van der Waals surface area contributed by atoms with Gasteiger partial charge in [0.05, 0.1) is 11.0 Å². The van der Waals surface area contributed by atoms with Crippen LogP contribution in [0.1, 0.15) is 23.9 Å². The lowest BCUT2D eigenvalue weighted by Crippen LogP contribution is -2.37. The Hall–Kier alpha value is -2.82. The average molecular weight is 351 g/mol. The predicted octanol–water partition coefficient (Wildman–Crippen LogP) is 3.32. The number of rotatable bonds is 6. The molecule has 0 saturated carbocycles. The first kappa shape index (κ1) is 18.0. The quantitative estimate of drug-likeness (QED) is 0.741. The van der Waals surface area contributed by atoms with Crippen LogP contribution in [0.3, 0.4) is 0 Å². The Kier molecular flexibility index (Phi) is 5.26. The molecular formula is C21H25N3O2. The van der Waals surface area contributed by atoms with Gasteiger partial charge in [0, 0.05) is 20.0 Å². The minimum Gasteiger partial charge on any atom is -0.481 e. The molecule has 1 heterocycles. The van der Waals surface area contributed by atoms with Crippen LogP contribution in [0.15, 0.2) is 42.5 Å². The van der Waals surface area contributed by atoms with Crippen molar-refractivity contribution in [2.75, 3.05) is 6.54 Å². The smallest absolute Gasteiger partial charge is 0.260 e. The summed E-state index contributed by atoms with van der Waals surface area (Å²) in [6.07, 6.45) is 0.130. The van der Waals surface area contributed by atoms with Gasteiger partial charge in [-0.1, -0.05) is 18.2 Å². The average Bonchev–Trinajstić information content (AvgIpc) is 2.94. The van der Waals surface area contributed by atoms with E-state index >= 15 is 0 Å². The molecule has 3 rings (SSSR count). The SMILES string of the molecule is Cc1ccc(OC(C)C(=O)NCCc2nc3ccccc3n2C)cc1C. The van der Waals surface area contributed by atoms with Crippen LogP contribution in [0.2, 0.25) is 0 Å². The number of aryl methyl sites for hydroxylation is 3. The second kappa shape index (κ2) is 7.60. The molecule has 5 heteroatoms. The maximum Gasteiger partial charge on any atom is 0.260 e. The molecule has 3 aromatic rings. The van der Waals surface area contributed by atoms with Crippen molar-refractivity contribution >= 4 is 16.9 Å². The topological polar surface area (TPSA) is 56.1 Å². The molecule has 5 nitrogen and oxygen atoms in total. The van der Waals surface area contributed by atoms with E-state index in [4.69, 9.17) is 4.74 Å². The molecule has 1 aromatic heterocycles. The summed E-state index contributed by atoms with van der Waals surface area (Å²) >= 11 is 0. The first-order valence-electron chi connectivity index (χ1n) is 8.87. The van der Waals surface area contributed by atoms with E-state index in [-0.39, 0.29) is 5.91 Å². The molecule has 1 unspecified atom stereocenters. The van der Waals surface area contributed by atoms with Crippen molar-refractivity contribution < 1.29 is 9.53 Å². The van der Waals surface area contributed by atoms with Crippen LogP contribution in [-0.4, -0.2) is 28.1 Å². The lowest BCUT2D eigenvalue weighted by Gasteiger charge is -2.15. The number of hydrogen-bond donors (Lipinski definition) is 1. The summed E-state index contributed by atoms with van der Waals surface area (Å²) in [5.41, 5.74) is 4.43. The highest BCUT2D eigenvalue weighted by Crippen LogP contribution is 2.18. The molecule has 0 radical (unpaired) electrons. The number of hydrogen-bond acceptors (Lipinski definition) is 3. The number of fused-ring (bicyclic) bond motifs is 1. The van der Waals surface area contributed by atoms with Crippen molar-refractivity contribution in [2.45, 2.75) is 33.3 Å². The van der Waals surface area contributed by atoms with Crippen molar-refractivity contribution in [1.82, 2.24) is 14.9 Å². The van der Waals surface area contributed by atoms with Crippen LogP contribution in [0, 0.1) is 13.8 Å². The van der Waals surface area contributed by atoms with Gasteiger partial charge in [-0.15, -0.1) is 0 Å². The third kappa shape index (κ3) is 3.87. The number of aromatic nitrogens is 2. The molecule has 0 spiro atoms. The van der Waals surface area contributed by atoms with E-state index < -0.39 is 6.10 Å². The van der Waals surface area contributed by atoms with E-state index in [1.807, 2.05) is 56.4 Å². The van der Waals surface area contributed by atoms with Crippen molar-refractivity contribution in [2.24, 2.45) is 7.05 Å². The summed E-state index contributed by atoms with van der Waals surface area (Å²) < 4.78 is 7.82. The first-order valence-corrected chi connectivity index (χ1v) is 8.87. The molecule has 26 heavy (non-hydrogen) atoms. The lowest BCUT2D eigenvalue weighted by atomic mass is 10.1. The molecule has 1 atom stereocenters. The monoisotopic (exact) mass is 351 g/mol. The number of para-hydroxylation sites is 2. The predicted molar refractivity (Wildman–Crippen MR) is 103 cm³/mol. The third-order valence-corrected chi connectivity index (χ3v) is 4.69. The summed E-state index contributed by atoms with van der Waals surface area (Å²) in [5, 5.41) is 2.93. The van der Waals surface area contributed by atoms with Gasteiger partial charge in [0.15, 0.2) is 6.10 Å². The number of benzene rings is 2. The summed E-state index contributed by atoms with van der Waals surface area (Å²) in [5.74, 6) is 1.54. The molecule has 2 aromatic carbocycles. The number of nitrogens with one attached hydrogen (secondary N) is 1. The van der Waals surface area contributed by atoms with Crippen LogP contribution >= 0.6 is 0 Å². The Morgan fingerprint density at radius 2 is 1.96 bits per heavy atom.